The zero-order valence-electron chi connectivity index (χ0n) is 9.60. The van der Waals surface area contributed by atoms with Gasteiger partial charge in [-0.15, -0.1) is 0 Å². The lowest BCUT2D eigenvalue weighted by Gasteiger charge is -2.11. The van der Waals surface area contributed by atoms with Crippen molar-refractivity contribution < 1.29 is 8.78 Å². The van der Waals surface area contributed by atoms with E-state index in [9.17, 15) is 8.78 Å². The molecule has 0 bridgehead atoms. The maximum atomic E-state index is 13.2. The number of rotatable bonds is 2. The van der Waals surface area contributed by atoms with Gasteiger partial charge < -0.3 is 11.1 Å². The quantitative estimate of drug-likeness (QED) is 0.808. The Morgan fingerprint density at radius 3 is 2.50 bits per heavy atom. The highest BCUT2D eigenvalue weighted by molar-refractivity contribution is 9.10. The molecule has 0 saturated heterocycles. The van der Waals surface area contributed by atoms with E-state index in [1.54, 1.807) is 25.1 Å². The molecular weight excluding hydrogens is 302 g/mol. The summed E-state index contributed by atoms with van der Waals surface area (Å²) in [5, 5.41) is 3.02. The largest absolute Gasteiger partial charge is 0.397 e. The van der Waals surface area contributed by atoms with Gasteiger partial charge in [-0.1, -0.05) is 0 Å². The third-order valence-electron chi connectivity index (χ3n) is 2.53. The maximum Gasteiger partial charge on any atom is 0.139 e. The van der Waals surface area contributed by atoms with Crippen molar-refractivity contribution in [3.63, 3.8) is 0 Å². The summed E-state index contributed by atoms with van der Waals surface area (Å²) in [6, 6.07) is 7.39. The van der Waals surface area contributed by atoms with Crippen molar-refractivity contribution in [2.75, 3.05) is 11.1 Å². The average molecular weight is 313 g/mol. The number of hydrogen-bond acceptors (Lipinski definition) is 2. The van der Waals surface area contributed by atoms with E-state index >= 15 is 0 Å². The average Bonchev–Trinajstić information content (AvgIpc) is 2.31. The molecular formula is C13H11BrF2N2. The SMILES string of the molecule is Cc1cc(Nc2cc(Br)c(F)cc2N)ccc1F. The van der Waals surface area contributed by atoms with Gasteiger partial charge in [0.1, 0.15) is 11.6 Å². The van der Waals surface area contributed by atoms with Gasteiger partial charge in [0.05, 0.1) is 15.8 Å². The molecule has 0 heterocycles. The lowest BCUT2D eigenvalue weighted by atomic mass is 10.2. The molecule has 0 aliphatic carbocycles. The first-order chi connectivity index (χ1) is 8.47. The van der Waals surface area contributed by atoms with E-state index in [1.165, 1.54) is 12.1 Å². The molecule has 0 aliphatic heterocycles. The highest BCUT2D eigenvalue weighted by Gasteiger charge is 2.07. The smallest absolute Gasteiger partial charge is 0.139 e. The van der Waals surface area contributed by atoms with Crippen molar-refractivity contribution >= 4 is 33.0 Å². The van der Waals surface area contributed by atoms with Gasteiger partial charge in [0.2, 0.25) is 0 Å². The van der Waals surface area contributed by atoms with E-state index in [1.807, 2.05) is 0 Å². The predicted molar refractivity (Wildman–Crippen MR) is 72.9 cm³/mol. The molecule has 0 atom stereocenters. The highest BCUT2D eigenvalue weighted by Crippen LogP contribution is 2.29. The molecule has 0 radical (unpaired) electrons. The molecule has 94 valence electrons. The number of nitrogens with two attached hydrogens (primary N) is 1. The van der Waals surface area contributed by atoms with E-state index in [0.717, 1.165) is 0 Å². The summed E-state index contributed by atoms with van der Waals surface area (Å²) in [6.07, 6.45) is 0. The monoisotopic (exact) mass is 312 g/mol. The Morgan fingerprint density at radius 1 is 1.11 bits per heavy atom. The molecule has 5 heteroatoms. The van der Waals surface area contributed by atoms with Crippen LogP contribution in [0.2, 0.25) is 0 Å². The molecule has 0 saturated carbocycles. The third-order valence-corrected chi connectivity index (χ3v) is 3.14. The van der Waals surface area contributed by atoms with Crippen molar-refractivity contribution in [2.24, 2.45) is 0 Å². The van der Waals surface area contributed by atoms with Gasteiger partial charge in [0, 0.05) is 11.8 Å². The Morgan fingerprint density at radius 2 is 1.83 bits per heavy atom. The summed E-state index contributed by atoms with van der Waals surface area (Å²) in [5.74, 6) is -0.692. The van der Waals surface area contributed by atoms with Gasteiger partial charge in [-0.3, -0.25) is 0 Å². The van der Waals surface area contributed by atoms with Crippen LogP contribution in [0.15, 0.2) is 34.8 Å². The molecule has 2 aromatic rings. The molecule has 0 unspecified atom stereocenters. The summed E-state index contributed by atoms with van der Waals surface area (Å²) < 4.78 is 26.7. The molecule has 0 amide bonds. The minimum Gasteiger partial charge on any atom is -0.397 e. The Kier molecular flexibility index (Phi) is 3.52. The first kappa shape index (κ1) is 12.8. The molecule has 2 nitrogen and oxygen atoms in total. The Hall–Kier alpha value is -1.62. The first-order valence-electron chi connectivity index (χ1n) is 5.25. The van der Waals surface area contributed by atoms with Crippen molar-refractivity contribution in [3.8, 4) is 0 Å². The summed E-state index contributed by atoms with van der Waals surface area (Å²) in [7, 11) is 0. The van der Waals surface area contributed by atoms with Gasteiger partial charge in [-0.25, -0.2) is 8.78 Å². The normalized spacial score (nSPS) is 10.4. The molecule has 2 aromatic carbocycles. The molecule has 0 fully saturated rings. The van der Waals surface area contributed by atoms with Gasteiger partial charge in [-0.2, -0.15) is 0 Å². The fourth-order valence-corrected chi connectivity index (χ4v) is 1.89. The van der Waals surface area contributed by atoms with Crippen LogP contribution < -0.4 is 11.1 Å². The third kappa shape index (κ3) is 2.61. The standard InChI is InChI=1S/C13H11BrF2N2/c1-7-4-8(2-3-10(7)15)18-13-5-9(14)11(16)6-12(13)17/h2-6,18H,17H2,1H3. The molecule has 2 rings (SSSR count). The second kappa shape index (κ2) is 4.94. The van der Waals surface area contributed by atoms with Crippen LogP contribution in [0, 0.1) is 18.6 Å². The van der Waals surface area contributed by atoms with Crippen LogP contribution in [0.25, 0.3) is 0 Å². The fraction of sp³-hybridized carbons (Fsp3) is 0.0769. The topological polar surface area (TPSA) is 38.0 Å². The van der Waals surface area contributed by atoms with Crippen molar-refractivity contribution in [1.82, 2.24) is 0 Å². The second-order valence-corrected chi connectivity index (χ2v) is 4.80. The number of aryl methyl sites for hydroxylation is 1. The van der Waals surface area contributed by atoms with E-state index in [0.29, 0.717) is 21.4 Å². The zero-order valence-corrected chi connectivity index (χ0v) is 11.2. The lowest BCUT2D eigenvalue weighted by molar-refractivity contribution is 0.619. The Bertz CT molecular complexity index is 600. The number of halogens is 3. The summed E-state index contributed by atoms with van der Waals surface area (Å²) in [6.45, 7) is 1.67. The van der Waals surface area contributed by atoms with E-state index in [2.05, 4.69) is 21.2 Å². The number of benzene rings is 2. The summed E-state index contributed by atoms with van der Waals surface area (Å²) in [4.78, 5) is 0. The van der Waals surface area contributed by atoms with E-state index in [-0.39, 0.29) is 11.5 Å². The Balaban J connectivity index is 2.34. The second-order valence-electron chi connectivity index (χ2n) is 3.94. The highest BCUT2D eigenvalue weighted by atomic mass is 79.9. The van der Waals surface area contributed by atoms with Crippen LogP contribution in [-0.2, 0) is 0 Å². The number of anilines is 3. The van der Waals surface area contributed by atoms with Crippen molar-refractivity contribution in [2.45, 2.75) is 6.92 Å². The minimum absolute atomic E-state index is 0.270. The van der Waals surface area contributed by atoms with Crippen molar-refractivity contribution in [3.05, 3.63) is 52.0 Å². The van der Waals surface area contributed by atoms with Gasteiger partial charge in [-0.05, 0) is 52.7 Å². The van der Waals surface area contributed by atoms with Gasteiger partial charge in [0.25, 0.3) is 0 Å². The van der Waals surface area contributed by atoms with E-state index in [4.69, 9.17) is 5.73 Å². The van der Waals surface area contributed by atoms with E-state index < -0.39 is 5.82 Å². The Labute approximate surface area is 112 Å². The molecule has 0 aliphatic rings. The lowest BCUT2D eigenvalue weighted by Crippen LogP contribution is -1.98. The van der Waals surface area contributed by atoms with Crippen LogP contribution in [-0.4, -0.2) is 0 Å². The van der Waals surface area contributed by atoms with Crippen LogP contribution in [0.4, 0.5) is 25.8 Å². The maximum absolute atomic E-state index is 13.2. The van der Waals surface area contributed by atoms with Gasteiger partial charge in [0.15, 0.2) is 0 Å². The summed E-state index contributed by atoms with van der Waals surface area (Å²) >= 11 is 3.09. The molecule has 0 spiro atoms. The number of nitrogen functional groups attached to an aromatic ring is 1. The molecule has 3 N–H and O–H groups in total. The molecule has 18 heavy (non-hydrogen) atoms. The summed E-state index contributed by atoms with van der Waals surface area (Å²) in [5.41, 5.74) is 7.78. The van der Waals surface area contributed by atoms with Crippen LogP contribution in [0.5, 0.6) is 0 Å². The van der Waals surface area contributed by atoms with Gasteiger partial charge >= 0.3 is 0 Å². The first-order valence-corrected chi connectivity index (χ1v) is 6.04. The molecule has 0 aromatic heterocycles. The van der Waals surface area contributed by atoms with Crippen LogP contribution >= 0.6 is 15.9 Å². The van der Waals surface area contributed by atoms with Crippen LogP contribution in [0.3, 0.4) is 0 Å². The zero-order chi connectivity index (χ0) is 13.3. The fourth-order valence-electron chi connectivity index (χ4n) is 1.55. The van der Waals surface area contributed by atoms with Crippen LogP contribution in [0.1, 0.15) is 5.56 Å². The minimum atomic E-state index is -0.423. The number of hydrogen-bond donors (Lipinski definition) is 2. The number of nitrogens with one attached hydrogen (secondary N) is 1. The predicted octanol–water partition coefficient (Wildman–Crippen LogP) is 4.36. The van der Waals surface area contributed by atoms with Crippen molar-refractivity contribution in [1.29, 1.82) is 0 Å².